The molecule has 0 aliphatic rings. The Kier molecular flexibility index (Phi) is 7.57. The van der Waals surface area contributed by atoms with Gasteiger partial charge in [-0.3, -0.25) is 0 Å². The second-order valence-electron chi connectivity index (χ2n) is 5.70. The molecule has 0 saturated heterocycles. The van der Waals surface area contributed by atoms with Gasteiger partial charge in [0.25, 0.3) is 0 Å². The SMILES string of the molecule is CCOc1ccc(-c2cc(N(CCOC)CCOC)ccc2N)cc1. The number of rotatable bonds is 10. The summed E-state index contributed by atoms with van der Waals surface area (Å²) in [5.74, 6) is 0.864. The van der Waals surface area contributed by atoms with E-state index in [0.29, 0.717) is 19.8 Å². The Hall–Kier alpha value is -2.24. The standard InChI is InChI=1S/C20H28N2O3/c1-4-25-18-8-5-16(6-9-18)19-15-17(7-10-20(19)21)22(11-13-23-2)12-14-24-3/h5-10,15H,4,11-14,21H2,1-3H3. The van der Waals surface area contributed by atoms with E-state index in [0.717, 1.165) is 41.3 Å². The van der Waals surface area contributed by atoms with Gasteiger partial charge in [-0.2, -0.15) is 0 Å². The molecule has 2 rings (SSSR count). The first-order valence-corrected chi connectivity index (χ1v) is 8.55. The topological polar surface area (TPSA) is 57.0 Å². The van der Waals surface area contributed by atoms with Crippen LogP contribution in [-0.2, 0) is 9.47 Å². The maximum atomic E-state index is 6.22. The lowest BCUT2D eigenvalue weighted by atomic mass is 10.0. The predicted octanol–water partition coefficient (Wildman–Crippen LogP) is 3.43. The molecule has 25 heavy (non-hydrogen) atoms. The average Bonchev–Trinajstić information content (AvgIpc) is 2.64. The molecule has 0 aliphatic heterocycles. The highest BCUT2D eigenvalue weighted by molar-refractivity contribution is 5.80. The molecule has 0 aliphatic carbocycles. The summed E-state index contributed by atoms with van der Waals surface area (Å²) in [6.45, 7) is 5.55. The minimum atomic E-state index is 0.658. The lowest BCUT2D eigenvalue weighted by Gasteiger charge is -2.25. The van der Waals surface area contributed by atoms with Crippen LogP contribution in [0.25, 0.3) is 11.1 Å². The zero-order valence-electron chi connectivity index (χ0n) is 15.3. The second kappa shape index (κ2) is 9.91. The van der Waals surface area contributed by atoms with Gasteiger partial charge < -0.3 is 24.8 Å². The Bertz CT molecular complexity index is 636. The highest BCUT2D eigenvalue weighted by Crippen LogP contribution is 2.31. The van der Waals surface area contributed by atoms with E-state index >= 15 is 0 Å². The number of methoxy groups -OCH3 is 2. The van der Waals surface area contributed by atoms with Crippen molar-refractivity contribution in [1.82, 2.24) is 0 Å². The van der Waals surface area contributed by atoms with Crippen LogP contribution in [0.15, 0.2) is 42.5 Å². The first-order valence-electron chi connectivity index (χ1n) is 8.55. The fraction of sp³-hybridized carbons (Fsp3) is 0.400. The zero-order valence-corrected chi connectivity index (χ0v) is 15.3. The van der Waals surface area contributed by atoms with Crippen molar-refractivity contribution in [2.24, 2.45) is 0 Å². The molecule has 0 aromatic heterocycles. The molecule has 0 fully saturated rings. The number of nitrogens with two attached hydrogens (primary N) is 1. The molecule has 5 nitrogen and oxygen atoms in total. The average molecular weight is 344 g/mol. The van der Waals surface area contributed by atoms with Crippen LogP contribution in [0.5, 0.6) is 5.75 Å². The Morgan fingerprint density at radius 2 is 1.56 bits per heavy atom. The highest BCUT2D eigenvalue weighted by atomic mass is 16.5. The molecule has 136 valence electrons. The molecule has 0 spiro atoms. The Morgan fingerprint density at radius 1 is 0.920 bits per heavy atom. The molecular weight excluding hydrogens is 316 g/mol. The molecule has 2 N–H and O–H groups in total. The van der Waals surface area contributed by atoms with Crippen LogP contribution >= 0.6 is 0 Å². The molecule has 2 aromatic rings. The van der Waals surface area contributed by atoms with Crippen LogP contribution in [0.1, 0.15) is 6.92 Å². The molecule has 0 radical (unpaired) electrons. The number of hydrogen-bond donors (Lipinski definition) is 1. The van der Waals surface area contributed by atoms with E-state index in [1.165, 1.54) is 0 Å². The fourth-order valence-corrected chi connectivity index (χ4v) is 2.66. The molecule has 5 heteroatoms. The number of nitrogens with zero attached hydrogens (tertiary/aromatic N) is 1. The summed E-state index contributed by atoms with van der Waals surface area (Å²) in [4.78, 5) is 2.24. The Balaban J connectivity index is 2.27. The molecule has 0 saturated carbocycles. The van der Waals surface area contributed by atoms with Gasteiger partial charge in [0, 0.05) is 44.2 Å². The number of benzene rings is 2. The van der Waals surface area contributed by atoms with E-state index < -0.39 is 0 Å². The van der Waals surface area contributed by atoms with Crippen molar-refractivity contribution < 1.29 is 14.2 Å². The monoisotopic (exact) mass is 344 g/mol. The first-order chi connectivity index (χ1) is 12.2. The summed E-state index contributed by atoms with van der Waals surface area (Å²) in [6, 6.07) is 14.1. The normalized spacial score (nSPS) is 10.7. The van der Waals surface area contributed by atoms with Gasteiger partial charge in [0.15, 0.2) is 0 Å². The molecular formula is C20H28N2O3. The summed E-state index contributed by atoms with van der Waals surface area (Å²) >= 11 is 0. The zero-order chi connectivity index (χ0) is 18.1. The maximum absolute atomic E-state index is 6.22. The molecule has 0 bridgehead atoms. The van der Waals surface area contributed by atoms with E-state index in [9.17, 15) is 0 Å². The fourth-order valence-electron chi connectivity index (χ4n) is 2.66. The third-order valence-corrected chi connectivity index (χ3v) is 4.01. The van der Waals surface area contributed by atoms with Gasteiger partial charge in [-0.15, -0.1) is 0 Å². The van der Waals surface area contributed by atoms with Gasteiger partial charge >= 0.3 is 0 Å². The maximum Gasteiger partial charge on any atom is 0.119 e. The molecule has 0 unspecified atom stereocenters. The smallest absolute Gasteiger partial charge is 0.119 e. The van der Waals surface area contributed by atoms with Crippen LogP contribution in [0, 0.1) is 0 Å². The van der Waals surface area contributed by atoms with Gasteiger partial charge in [0.1, 0.15) is 5.75 Å². The van der Waals surface area contributed by atoms with Gasteiger partial charge in [-0.1, -0.05) is 12.1 Å². The minimum absolute atomic E-state index is 0.658. The summed E-state index contributed by atoms with van der Waals surface area (Å²) in [5.41, 5.74) is 10.2. The van der Waals surface area contributed by atoms with Crippen LogP contribution in [0.4, 0.5) is 11.4 Å². The lowest BCUT2D eigenvalue weighted by Crippen LogP contribution is -2.30. The van der Waals surface area contributed by atoms with Crippen molar-refractivity contribution >= 4 is 11.4 Å². The molecule has 0 atom stereocenters. The van der Waals surface area contributed by atoms with Crippen molar-refractivity contribution in [3.63, 3.8) is 0 Å². The Morgan fingerprint density at radius 3 is 2.12 bits per heavy atom. The van der Waals surface area contributed by atoms with Crippen LogP contribution in [0.2, 0.25) is 0 Å². The highest BCUT2D eigenvalue weighted by Gasteiger charge is 2.10. The van der Waals surface area contributed by atoms with E-state index in [1.54, 1.807) is 14.2 Å². The number of anilines is 2. The minimum Gasteiger partial charge on any atom is -0.494 e. The third kappa shape index (κ3) is 5.37. The van der Waals surface area contributed by atoms with Crippen molar-refractivity contribution in [2.45, 2.75) is 6.92 Å². The summed E-state index contributed by atoms with van der Waals surface area (Å²) < 4.78 is 16.0. The lowest BCUT2D eigenvalue weighted by molar-refractivity contribution is 0.190. The molecule has 0 amide bonds. The van der Waals surface area contributed by atoms with Gasteiger partial charge in [0.2, 0.25) is 0 Å². The molecule has 2 aromatic carbocycles. The van der Waals surface area contributed by atoms with E-state index in [4.69, 9.17) is 19.9 Å². The van der Waals surface area contributed by atoms with Crippen LogP contribution < -0.4 is 15.4 Å². The van der Waals surface area contributed by atoms with Gasteiger partial charge in [0.05, 0.1) is 19.8 Å². The second-order valence-corrected chi connectivity index (χ2v) is 5.70. The largest absolute Gasteiger partial charge is 0.494 e. The van der Waals surface area contributed by atoms with Crippen molar-refractivity contribution in [2.75, 3.05) is 57.8 Å². The Labute approximate surface area is 150 Å². The summed E-state index contributed by atoms with van der Waals surface area (Å²) in [6.07, 6.45) is 0. The quantitative estimate of drug-likeness (QED) is 0.669. The molecule has 0 heterocycles. The van der Waals surface area contributed by atoms with Crippen molar-refractivity contribution in [3.05, 3.63) is 42.5 Å². The summed E-state index contributed by atoms with van der Waals surface area (Å²) in [7, 11) is 3.42. The van der Waals surface area contributed by atoms with Gasteiger partial charge in [-0.25, -0.2) is 0 Å². The number of ether oxygens (including phenoxy) is 3. The van der Waals surface area contributed by atoms with Crippen molar-refractivity contribution in [1.29, 1.82) is 0 Å². The van der Waals surface area contributed by atoms with E-state index in [2.05, 4.69) is 11.0 Å². The van der Waals surface area contributed by atoms with E-state index in [-0.39, 0.29) is 0 Å². The summed E-state index contributed by atoms with van der Waals surface area (Å²) in [5, 5.41) is 0. The van der Waals surface area contributed by atoms with Crippen LogP contribution in [-0.4, -0.2) is 47.1 Å². The first kappa shape index (κ1) is 19.1. The predicted molar refractivity (Wildman–Crippen MR) is 103 cm³/mol. The third-order valence-electron chi connectivity index (χ3n) is 4.01. The van der Waals surface area contributed by atoms with Crippen LogP contribution in [0.3, 0.4) is 0 Å². The number of hydrogen-bond acceptors (Lipinski definition) is 5. The van der Waals surface area contributed by atoms with E-state index in [1.807, 2.05) is 43.3 Å². The number of nitrogen functional groups attached to an aromatic ring is 1. The van der Waals surface area contributed by atoms with Gasteiger partial charge in [-0.05, 0) is 42.8 Å². The van der Waals surface area contributed by atoms with Crippen molar-refractivity contribution in [3.8, 4) is 16.9 Å².